The molecule has 0 aromatic heterocycles. The van der Waals surface area contributed by atoms with Gasteiger partial charge >= 0.3 is 5.97 Å². The highest BCUT2D eigenvalue weighted by Gasteiger charge is 2.75. The van der Waals surface area contributed by atoms with Crippen LogP contribution in [0.2, 0.25) is 0 Å². The lowest BCUT2D eigenvalue weighted by molar-refractivity contribution is -0.168. The number of ether oxygens (including phenoxy) is 1. The zero-order chi connectivity index (χ0) is 17.8. The van der Waals surface area contributed by atoms with Gasteiger partial charge in [0.05, 0.1) is 11.6 Å². The summed E-state index contributed by atoms with van der Waals surface area (Å²) in [6.45, 7) is 5.55. The Morgan fingerprint density at radius 3 is 2.54 bits per heavy atom. The number of hydrazone groups is 1. The van der Waals surface area contributed by atoms with Crippen molar-refractivity contribution in [1.29, 1.82) is 0 Å². The number of amides is 1. The summed E-state index contributed by atoms with van der Waals surface area (Å²) in [5.41, 5.74) is 0.196. The minimum Gasteiger partial charge on any atom is -0.508 e. The van der Waals surface area contributed by atoms with Crippen molar-refractivity contribution >= 4 is 18.1 Å². The van der Waals surface area contributed by atoms with E-state index in [0.717, 1.165) is 0 Å². The lowest BCUT2D eigenvalue weighted by Crippen LogP contribution is -2.52. The molecule has 1 amide bonds. The van der Waals surface area contributed by atoms with Crippen LogP contribution in [0.15, 0.2) is 23.3 Å². The fraction of sp³-hybridized carbons (Fsp3) is 0.471. The van der Waals surface area contributed by atoms with E-state index in [1.165, 1.54) is 24.4 Å². The molecule has 3 rings (SSSR count). The van der Waals surface area contributed by atoms with Crippen LogP contribution in [0.1, 0.15) is 39.2 Å². The van der Waals surface area contributed by atoms with E-state index in [0.29, 0.717) is 18.4 Å². The first-order valence-corrected chi connectivity index (χ1v) is 7.73. The Balaban J connectivity index is 1.79. The van der Waals surface area contributed by atoms with Crippen molar-refractivity contribution < 1.29 is 24.5 Å². The number of carbonyl (C=O) groups is 2. The third-order valence-electron chi connectivity index (χ3n) is 5.83. The van der Waals surface area contributed by atoms with E-state index in [4.69, 9.17) is 4.74 Å². The quantitative estimate of drug-likeness (QED) is 0.443. The summed E-state index contributed by atoms with van der Waals surface area (Å²) in [6, 6.07) is 4.03. The van der Waals surface area contributed by atoms with Crippen LogP contribution in [0, 0.1) is 10.8 Å². The molecule has 2 atom stereocenters. The fourth-order valence-electron chi connectivity index (χ4n) is 3.64. The molecule has 2 bridgehead atoms. The van der Waals surface area contributed by atoms with Crippen molar-refractivity contribution in [3.63, 3.8) is 0 Å². The third kappa shape index (κ3) is 1.93. The second kappa shape index (κ2) is 4.96. The van der Waals surface area contributed by atoms with Gasteiger partial charge in [0, 0.05) is 17.0 Å². The Morgan fingerprint density at radius 2 is 2.00 bits per heavy atom. The summed E-state index contributed by atoms with van der Waals surface area (Å²) >= 11 is 0. The van der Waals surface area contributed by atoms with Gasteiger partial charge in [0.15, 0.2) is 5.60 Å². The van der Waals surface area contributed by atoms with Gasteiger partial charge in [-0.3, -0.25) is 9.59 Å². The normalized spacial score (nSPS) is 30.5. The fourth-order valence-corrected chi connectivity index (χ4v) is 3.64. The molecule has 7 heteroatoms. The van der Waals surface area contributed by atoms with E-state index in [2.05, 4.69) is 10.5 Å². The Kier molecular flexibility index (Phi) is 3.37. The van der Waals surface area contributed by atoms with E-state index in [9.17, 15) is 19.8 Å². The number of nitrogens with zero attached hydrogens (tertiary/aromatic N) is 1. The highest BCUT2D eigenvalue weighted by atomic mass is 16.6. The first kappa shape index (κ1) is 16.3. The van der Waals surface area contributed by atoms with Crippen molar-refractivity contribution in [3.05, 3.63) is 23.8 Å². The highest BCUT2D eigenvalue weighted by molar-refractivity contribution is 5.96. The van der Waals surface area contributed by atoms with Crippen LogP contribution in [0.5, 0.6) is 11.5 Å². The van der Waals surface area contributed by atoms with Crippen LogP contribution in [0.3, 0.4) is 0 Å². The number of rotatable bonds is 3. The molecule has 3 N–H and O–H groups in total. The molecular weight excluding hydrogens is 312 g/mol. The second-order valence-electron chi connectivity index (χ2n) is 7.12. The summed E-state index contributed by atoms with van der Waals surface area (Å²) in [6.07, 6.45) is 2.31. The van der Waals surface area contributed by atoms with Crippen LogP contribution < -0.4 is 5.43 Å². The molecule has 0 radical (unpaired) electrons. The number of phenolic OH excluding ortho intramolecular Hbond substituents is 2. The maximum absolute atomic E-state index is 12.7. The number of benzene rings is 1. The van der Waals surface area contributed by atoms with Crippen LogP contribution in [-0.2, 0) is 14.3 Å². The third-order valence-corrected chi connectivity index (χ3v) is 5.83. The lowest BCUT2D eigenvalue weighted by atomic mass is 9.66. The predicted molar refractivity (Wildman–Crippen MR) is 85.5 cm³/mol. The summed E-state index contributed by atoms with van der Waals surface area (Å²) < 4.78 is 5.46. The van der Waals surface area contributed by atoms with Gasteiger partial charge in [-0.05, 0) is 31.9 Å². The Hall–Kier alpha value is -2.57. The van der Waals surface area contributed by atoms with E-state index < -0.39 is 22.3 Å². The lowest BCUT2D eigenvalue weighted by Gasteiger charge is -2.34. The molecule has 1 aliphatic carbocycles. The van der Waals surface area contributed by atoms with Crippen molar-refractivity contribution in [2.75, 3.05) is 0 Å². The molecule has 1 saturated heterocycles. The Labute approximate surface area is 139 Å². The van der Waals surface area contributed by atoms with Gasteiger partial charge in [-0.25, -0.2) is 5.43 Å². The molecule has 2 fully saturated rings. The van der Waals surface area contributed by atoms with Crippen molar-refractivity contribution in [2.24, 2.45) is 15.9 Å². The number of esters is 1. The number of aromatic hydroxyl groups is 2. The molecular formula is C17H20N2O5. The van der Waals surface area contributed by atoms with Crippen LogP contribution in [0.4, 0.5) is 0 Å². The monoisotopic (exact) mass is 332 g/mol. The maximum Gasteiger partial charge on any atom is 0.313 e. The first-order valence-electron chi connectivity index (χ1n) is 7.73. The first-order chi connectivity index (χ1) is 11.1. The molecule has 1 heterocycles. The SMILES string of the molecule is CC1(C)[C@@]2(C)CC[C@@]1(C(=O)N/N=C\c1ccc(O)cc1O)OC2=O. The molecule has 1 aliphatic heterocycles. The number of nitrogens with one attached hydrogen (secondary N) is 1. The van der Waals surface area contributed by atoms with Crippen LogP contribution >= 0.6 is 0 Å². The Morgan fingerprint density at radius 1 is 1.29 bits per heavy atom. The van der Waals surface area contributed by atoms with Crippen LogP contribution in [0.25, 0.3) is 0 Å². The number of fused-ring (bicyclic) bond motifs is 2. The standard InChI is InChI=1S/C17H20N2O5/c1-15(2)16(3)6-7-17(15,24-14(16)23)13(22)19-18-9-10-4-5-11(20)8-12(10)21/h4-5,8-9,20-21H,6-7H2,1-3H3,(H,19,22)/b18-9-/t16-,17-/m0/s1. The van der Waals surface area contributed by atoms with Gasteiger partial charge in [-0.2, -0.15) is 5.10 Å². The molecule has 1 aromatic rings. The summed E-state index contributed by atoms with van der Waals surface area (Å²) in [5, 5.41) is 22.8. The zero-order valence-electron chi connectivity index (χ0n) is 13.8. The molecule has 0 unspecified atom stereocenters. The molecule has 0 spiro atoms. The minimum atomic E-state index is -1.23. The largest absolute Gasteiger partial charge is 0.508 e. The summed E-state index contributed by atoms with van der Waals surface area (Å²) in [4.78, 5) is 24.8. The average molecular weight is 332 g/mol. The minimum absolute atomic E-state index is 0.0718. The number of hydrogen-bond donors (Lipinski definition) is 3. The maximum atomic E-state index is 12.7. The smallest absolute Gasteiger partial charge is 0.313 e. The molecule has 24 heavy (non-hydrogen) atoms. The molecule has 1 saturated carbocycles. The molecule has 128 valence electrons. The number of hydrogen-bond acceptors (Lipinski definition) is 6. The molecule has 2 aliphatic rings. The van der Waals surface area contributed by atoms with Gasteiger partial charge in [0.2, 0.25) is 0 Å². The van der Waals surface area contributed by atoms with E-state index in [1.54, 1.807) is 0 Å². The molecule has 1 aromatic carbocycles. The van der Waals surface area contributed by atoms with Gasteiger partial charge < -0.3 is 14.9 Å². The van der Waals surface area contributed by atoms with Gasteiger partial charge in [-0.15, -0.1) is 0 Å². The van der Waals surface area contributed by atoms with Crippen LogP contribution in [-0.4, -0.2) is 33.9 Å². The van der Waals surface area contributed by atoms with Gasteiger partial charge in [0.25, 0.3) is 5.91 Å². The zero-order valence-corrected chi connectivity index (χ0v) is 13.8. The van der Waals surface area contributed by atoms with Crippen molar-refractivity contribution in [2.45, 2.75) is 39.2 Å². The second-order valence-corrected chi connectivity index (χ2v) is 7.12. The Bertz CT molecular complexity index is 757. The van der Waals surface area contributed by atoms with E-state index in [-0.39, 0.29) is 17.5 Å². The van der Waals surface area contributed by atoms with Crippen molar-refractivity contribution in [3.8, 4) is 11.5 Å². The van der Waals surface area contributed by atoms with Gasteiger partial charge in [-0.1, -0.05) is 13.8 Å². The van der Waals surface area contributed by atoms with E-state index >= 15 is 0 Å². The highest BCUT2D eigenvalue weighted by Crippen LogP contribution is 2.65. The number of carbonyl (C=O) groups excluding carboxylic acids is 2. The van der Waals surface area contributed by atoms with Crippen molar-refractivity contribution in [1.82, 2.24) is 5.43 Å². The predicted octanol–water partition coefficient (Wildman–Crippen LogP) is 1.67. The number of phenols is 2. The summed E-state index contributed by atoms with van der Waals surface area (Å²) in [7, 11) is 0. The molecule has 7 nitrogen and oxygen atoms in total. The average Bonchev–Trinajstić information content (AvgIpc) is 2.79. The topological polar surface area (TPSA) is 108 Å². The van der Waals surface area contributed by atoms with Gasteiger partial charge in [0.1, 0.15) is 11.5 Å². The summed E-state index contributed by atoms with van der Waals surface area (Å²) in [5.74, 6) is -1.06. The van der Waals surface area contributed by atoms with E-state index in [1.807, 2.05) is 20.8 Å².